The summed E-state index contributed by atoms with van der Waals surface area (Å²) >= 11 is 0. The van der Waals surface area contributed by atoms with Crippen LogP contribution in [-0.4, -0.2) is 72.7 Å². The molecular weight excluding hydrogens is 516 g/mol. The first kappa shape index (κ1) is 32.9. The third-order valence-electron chi connectivity index (χ3n) is 6.72. The molecule has 0 aliphatic carbocycles. The number of hydrogen-bond acceptors (Lipinski definition) is 6. The highest BCUT2D eigenvalue weighted by atomic mass is 16.6. The summed E-state index contributed by atoms with van der Waals surface area (Å²) in [6.07, 6.45) is 4.90. The lowest BCUT2D eigenvalue weighted by Crippen LogP contribution is -2.34. The quantitative estimate of drug-likeness (QED) is 0.0896. The van der Waals surface area contributed by atoms with Crippen molar-refractivity contribution in [2.75, 3.05) is 72.7 Å². The summed E-state index contributed by atoms with van der Waals surface area (Å²) in [4.78, 5) is 0. The molecule has 6 heteroatoms. The summed E-state index contributed by atoms with van der Waals surface area (Å²) in [6.45, 7) is 8.39. The normalized spacial score (nSPS) is 11.6. The monoisotopic (exact) mass is 564 g/mol. The van der Waals surface area contributed by atoms with Crippen LogP contribution in [0.1, 0.15) is 49.3 Å². The fourth-order valence-electron chi connectivity index (χ4n) is 4.63. The van der Waals surface area contributed by atoms with Crippen molar-refractivity contribution >= 4 is 0 Å². The second kappa shape index (κ2) is 21.2. The lowest BCUT2D eigenvalue weighted by atomic mass is 9.80. The van der Waals surface area contributed by atoms with Crippen LogP contribution < -0.4 is 0 Å². The molecule has 0 spiro atoms. The van der Waals surface area contributed by atoms with Crippen LogP contribution in [0.4, 0.5) is 0 Å². The van der Waals surface area contributed by atoms with E-state index < -0.39 is 5.60 Å². The maximum absolute atomic E-state index is 6.72. The highest BCUT2D eigenvalue weighted by Crippen LogP contribution is 2.40. The van der Waals surface area contributed by atoms with Gasteiger partial charge in [-0.15, -0.1) is 0 Å². The van der Waals surface area contributed by atoms with Crippen LogP contribution in [0.3, 0.4) is 0 Å². The van der Waals surface area contributed by atoms with Crippen LogP contribution in [0, 0.1) is 0 Å². The average Bonchev–Trinajstić information content (AvgIpc) is 3.03. The Kier molecular flexibility index (Phi) is 17.0. The summed E-state index contributed by atoms with van der Waals surface area (Å²) < 4.78 is 34.8. The fraction of sp³-hybridized carbons (Fsp3) is 0.486. The standard InChI is InChI=1S/C35H48O6/c1-2-3-4-14-21-36-22-23-37-24-25-38-26-27-39-28-29-40-30-31-41-35(32-15-8-5-9-16-32,33-17-10-6-11-18-33)34-19-12-7-13-20-34/h5-13,15-20H,2-4,14,21-31H2,1H3. The van der Waals surface area contributed by atoms with Crippen molar-refractivity contribution in [1.82, 2.24) is 0 Å². The Labute approximate surface area is 246 Å². The van der Waals surface area contributed by atoms with Gasteiger partial charge in [0.05, 0.1) is 66.1 Å². The van der Waals surface area contributed by atoms with Gasteiger partial charge in [-0.25, -0.2) is 0 Å². The average molecular weight is 565 g/mol. The maximum Gasteiger partial charge on any atom is 0.143 e. The minimum atomic E-state index is -0.730. The Morgan fingerprint density at radius 3 is 1.10 bits per heavy atom. The number of benzene rings is 3. The largest absolute Gasteiger partial charge is 0.379 e. The molecule has 0 heterocycles. The van der Waals surface area contributed by atoms with Gasteiger partial charge in [0.2, 0.25) is 0 Å². The van der Waals surface area contributed by atoms with Gasteiger partial charge in [-0.3, -0.25) is 0 Å². The third-order valence-corrected chi connectivity index (χ3v) is 6.72. The van der Waals surface area contributed by atoms with E-state index >= 15 is 0 Å². The first-order valence-electron chi connectivity index (χ1n) is 15.1. The van der Waals surface area contributed by atoms with E-state index in [1.54, 1.807) is 0 Å². The van der Waals surface area contributed by atoms with E-state index in [0.717, 1.165) is 29.7 Å². The van der Waals surface area contributed by atoms with Gasteiger partial charge >= 0.3 is 0 Å². The molecule has 0 atom stereocenters. The first-order valence-corrected chi connectivity index (χ1v) is 15.1. The molecule has 0 aliphatic heterocycles. The van der Waals surface area contributed by atoms with Crippen molar-refractivity contribution in [1.29, 1.82) is 0 Å². The van der Waals surface area contributed by atoms with Crippen LogP contribution in [-0.2, 0) is 34.0 Å². The Bertz CT molecular complexity index is 902. The predicted octanol–water partition coefficient (Wildman–Crippen LogP) is 6.66. The van der Waals surface area contributed by atoms with Gasteiger partial charge in [-0.05, 0) is 23.1 Å². The van der Waals surface area contributed by atoms with Crippen molar-refractivity contribution in [3.8, 4) is 0 Å². The highest BCUT2D eigenvalue weighted by molar-refractivity contribution is 5.47. The minimum Gasteiger partial charge on any atom is -0.379 e. The van der Waals surface area contributed by atoms with Crippen LogP contribution >= 0.6 is 0 Å². The van der Waals surface area contributed by atoms with Crippen molar-refractivity contribution in [2.45, 2.75) is 38.2 Å². The molecule has 0 aromatic heterocycles. The number of unbranched alkanes of at least 4 members (excludes halogenated alkanes) is 3. The van der Waals surface area contributed by atoms with Gasteiger partial charge in [-0.1, -0.05) is 117 Å². The van der Waals surface area contributed by atoms with E-state index in [1.165, 1.54) is 19.3 Å². The zero-order chi connectivity index (χ0) is 28.7. The van der Waals surface area contributed by atoms with Crippen LogP contribution in [0.5, 0.6) is 0 Å². The minimum absolute atomic E-state index is 0.436. The molecule has 0 radical (unpaired) electrons. The summed E-state index contributed by atoms with van der Waals surface area (Å²) in [5.74, 6) is 0. The Balaban J connectivity index is 1.29. The summed E-state index contributed by atoms with van der Waals surface area (Å²) in [7, 11) is 0. The lowest BCUT2D eigenvalue weighted by Gasteiger charge is -2.36. The number of ether oxygens (including phenoxy) is 6. The molecule has 0 aliphatic rings. The van der Waals surface area contributed by atoms with Crippen LogP contribution in [0.2, 0.25) is 0 Å². The molecule has 0 saturated heterocycles. The van der Waals surface area contributed by atoms with E-state index in [0.29, 0.717) is 66.1 Å². The van der Waals surface area contributed by atoms with Gasteiger partial charge in [0, 0.05) is 6.61 Å². The molecule has 6 nitrogen and oxygen atoms in total. The van der Waals surface area contributed by atoms with E-state index in [4.69, 9.17) is 28.4 Å². The Morgan fingerprint density at radius 1 is 0.390 bits per heavy atom. The smallest absolute Gasteiger partial charge is 0.143 e. The lowest BCUT2D eigenvalue weighted by molar-refractivity contribution is -0.0391. The van der Waals surface area contributed by atoms with Crippen molar-refractivity contribution in [3.63, 3.8) is 0 Å². The third kappa shape index (κ3) is 12.0. The molecule has 0 amide bonds. The van der Waals surface area contributed by atoms with Gasteiger partial charge in [-0.2, -0.15) is 0 Å². The molecule has 0 unspecified atom stereocenters. The second-order valence-corrected chi connectivity index (χ2v) is 9.75. The topological polar surface area (TPSA) is 55.4 Å². The Hall–Kier alpha value is -2.58. The molecule has 3 aromatic carbocycles. The summed E-state index contributed by atoms with van der Waals surface area (Å²) in [5, 5.41) is 0. The van der Waals surface area contributed by atoms with E-state index in [-0.39, 0.29) is 0 Å². The van der Waals surface area contributed by atoms with Gasteiger partial charge < -0.3 is 28.4 Å². The molecule has 3 aromatic rings. The molecule has 41 heavy (non-hydrogen) atoms. The van der Waals surface area contributed by atoms with Gasteiger partial charge in [0.25, 0.3) is 0 Å². The highest BCUT2D eigenvalue weighted by Gasteiger charge is 2.37. The first-order chi connectivity index (χ1) is 20.4. The molecule has 224 valence electrons. The molecule has 0 fully saturated rings. The summed E-state index contributed by atoms with van der Waals surface area (Å²) in [6, 6.07) is 31.1. The molecule has 0 bridgehead atoms. The molecule has 0 N–H and O–H groups in total. The second-order valence-electron chi connectivity index (χ2n) is 9.75. The SMILES string of the molecule is CCCCCCOCCOCCOCCOCCOCCOC(c1ccccc1)(c1ccccc1)c1ccccc1. The molecular formula is C35H48O6. The van der Waals surface area contributed by atoms with E-state index in [9.17, 15) is 0 Å². The zero-order valence-electron chi connectivity index (χ0n) is 24.7. The van der Waals surface area contributed by atoms with Crippen LogP contribution in [0.25, 0.3) is 0 Å². The molecule has 0 saturated carbocycles. The number of rotatable bonds is 24. The van der Waals surface area contributed by atoms with E-state index in [2.05, 4.69) is 79.7 Å². The van der Waals surface area contributed by atoms with E-state index in [1.807, 2.05) is 18.2 Å². The predicted molar refractivity (Wildman–Crippen MR) is 163 cm³/mol. The van der Waals surface area contributed by atoms with Crippen LogP contribution in [0.15, 0.2) is 91.0 Å². The van der Waals surface area contributed by atoms with Crippen molar-refractivity contribution in [3.05, 3.63) is 108 Å². The fourth-order valence-corrected chi connectivity index (χ4v) is 4.63. The van der Waals surface area contributed by atoms with Gasteiger partial charge in [0.15, 0.2) is 0 Å². The maximum atomic E-state index is 6.72. The van der Waals surface area contributed by atoms with Crippen molar-refractivity contribution in [2.24, 2.45) is 0 Å². The molecule has 3 rings (SSSR count). The summed E-state index contributed by atoms with van der Waals surface area (Å²) in [5.41, 5.74) is 2.51. The van der Waals surface area contributed by atoms with Crippen molar-refractivity contribution < 1.29 is 28.4 Å². The number of hydrogen-bond donors (Lipinski definition) is 0. The Morgan fingerprint density at radius 2 is 0.732 bits per heavy atom. The zero-order valence-corrected chi connectivity index (χ0v) is 24.7. The van der Waals surface area contributed by atoms with Gasteiger partial charge in [0.1, 0.15) is 5.60 Å².